The average Bonchev–Trinajstić information content (AvgIpc) is 2.81. The third-order valence-electron chi connectivity index (χ3n) is 4.98. The summed E-state index contributed by atoms with van der Waals surface area (Å²) in [4.78, 5) is 18.7. The predicted molar refractivity (Wildman–Crippen MR) is 120 cm³/mol. The fourth-order valence-corrected chi connectivity index (χ4v) is 3.54. The van der Waals surface area contributed by atoms with Crippen molar-refractivity contribution in [1.29, 1.82) is 0 Å². The van der Waals surface area contributed by atoms with Crippen molar-refractivity contribution in [2.24, 2.45) is 0 Å². The molecule has 0 unspecified atom stereocenters. The molecule has 4 heteroatoms. The smallest absolute Gasteiger partial charge is 0.193 e. The van der Waals surface area contributed by atoms with Crippen molar-refractivity contribution in [1.82, 2.24) is 4.98 Å². The predicted octanol–water partition coefficient (Wildman–Crippen LogP) is 6.32. The molecule has 0 amide bonds. The Balaban J connectivity index is 1.57. The number of fused-ring (bicyclic) bond motifs is 1. The van der Waals surface area contributed by atoms with Crippen LogP contribution in [0.4, 0.5) is 17.1 Å². The normalized spacial score (nSPS) is 10.8. The average molecular weight is 390 g/mol. The van der Waals surface area contributed by atoms with E-state index in [2.05, 4.69) is 22.0 Å². The molecule has 30 heavy (non-hydrogen) atoms. The SMILES string of the molecule is O=c1cc(-c2ccc(N(c3ccccc3)c3ccncc3)cc2)oc2ccccc12. The van der Waals surface area contributed by atoms with Gasteiger partial charge in [0.05, 0.1) is 5.39 Å². The van der Waals surface area contributed by atoms with Crippen molar-refractivity contribution in [3.05, 3.63) is 120 Å². The first-order chi connectivity index (χ1) is 14.8. The van der Waals surface area contributed by atoms with Crippen LogP contribution in [0.25, 0.3) is 22.3 Å². The number of hydrogen-bond acceptors (Lipinski definition) is 4. The molecule has 0 aliphatic carbocycles. The Labute approximate surface area is 173 Å². The molecule has 4 nitrogen and oxygen atoms in total. The second-order valence-electron chi connectivity index (χ2n) is 6.89. The summed E-state index contributed by atoms with van der Waals surface area (Å²) in [6.07, 6.45) is 3.56. The van der Waals surface area contributed by atoms with Gasteiger partial charge in [-0.3, -0.25) is 9.78 Å². The van der Waals surface area contributed by atoms with Gasteiger partial charge in [0, 0.05) is 41.1 Å². The Morgan fingerprint density at radius 2 is 1.30 bits per heavy atom. The monoisotopic (exact) mass is 390 g/mol. The van der Waals surface area contributed by atoms with Gasteiger partial charge >= 0.3 is 0 Å². The van der Waals surface area contributed by atoms with E-state index in [1.807, 2.05) is 72.8 Å². The van der Waals surface area contributed by atoms with Crippen LogP contribution in [0.3, 0.4) is 0 Å². The molecule has 5 aromatic rings. The van der Waals surface area contributed by atoms with E-state index in [1.54, 1.807) is 24.5 Å². The maximum atomic E-state index is 12.4. The van der Waals surface area contributed by atoms with Crippen LogP contribution in [0.5, 0.6) is 0 Å². The highest BCUT2D eigenvalue weighted by Crippen LogP contribution is 2.35. The number of para-hydroxylation sites is 2. The summed E-state index contributed by atoms with van der Waals surface area (Å²) in [6, 6.07) is 31.0. The zero-order valence-corrected chi connectivity index (χ0v) is 16.1. The van der Waals surface area contributed by atoms with E-state index in [0.717, 1.165) is 22.6 Å². The van der Waals surface area contributed by atoms with Crippen LogP contribution >= 0.6 is 0 Å². The number of benzene rings is 3. The molecule has 0 saturated heterocycles. The number of pyridine rings is 1. The highest BCUT2D eigenvalue weighted by molar-refractivity contribution is 5.80. The Morgan fingerprint density at radius 3 is 2.07 bits per heavy atom. The van der Waals surface area contributed by atoms with E-state index in [0.29, 0.717) is 16.7 Å². The fourth-order valence-electron chi connectivity index (χ4n) is 3.54. The van der Waals surface area contributed by atoms with E-state index in [9.17, 15) is 4.79 Å². The molecule has 2 heterocycles. The van der Waals surface area contributed by atoms with Gasteiger partial charge in [-0.25, -0.2) is 0 Å². The lowest BCUT2D eigenvalue weighted by Gasteiger charge is -2.25. The zero-order chi connectivity index (χ0) is 20.3. The molecule has 0 spiro atoms. The molecule has 0 radical (unpaired) electrons. The quantitative estimate of drug-likeness (QED) is 0.360. The lowest BCUT2D eigenvalue weighted by molar-refractivity contribution is 0.619. The van der Waals surface area contributed by atoms with Crippen LogP contribution in [0.2, 0.25) is 0 Å². The summed E-state index contributed by atoms with van der Waals surface area (Å²) in [6.45, 7) is 0. The van der Waals surface area contributed by atoms with E-state index in [1.165, 1.54) is 0 Å². The lowest BCUT2D eigenvalue weighted by Crippen LogP contribution is -2.09. The molecule has 2 aromatic heterocycles. The number of nitrogens with zero attached hydrogens (tertiary/aromatic N) is 2. The van der Waals surface area contributed by atoms with Gasteiger partial charge < -0.3 is 9.32 Å². The Bertz CT molecular complexity index is 1310. The van der Waals surface area contributed by atoms with E-state index in [-0.39, 0.29) is 5.43 Å². The first-order valence-corrected chi connectivity index (χ1v) is 9.68. The van der Waals surface area contributed by atoms with Crippen LogP contribution in [-0.2, 0) is 0 Å². The first-order valence-electron chi connectivity index (χ1n) is 9.68. The zero-order valence-electron chi connectivity index (χ0n) is 16.1. The van der Waals surface area contributed by atoms with E-state index < -0.39 is 0 Å². The summed E-state index contributed by atoms with van der Waals surface area (Å²) < 4.78 is 5.98. The summed E-state index contributed by atoms with van der Waals surface area (Å²) in [5, 5.41) is 0.589. The molecule has 144 valence electrons. The fraction of sp³-hybridized carbons (Fsp3) is 0. The topological polar surface area (TPSA) is 46.3 Å². The van der Waals surface area contributed by atoms with Crippen molar-refractivity contribution in [2.45, 2.75) is 0 Å². The van der Waals surface area contributed by atoms with Crippen LogP contribution in [-0.4, -0.2) is 4.98 Å². The number of hydrogen-bond donors (Lipinski definition) is 0. The first kappa shape index (κ1) is 17.9. The van der Waals surface area contributed by atoms with Gasteiger partial charge in [-0.1, -0.05) is 30.3 Å². The molecule has 0 fully saturated rings. The molecule has 0 aliphatic heterocycles. The molecule has 0 bridgehead atoms. The van der Waals surface area contributed by atoms with Crippen molar-refractivity contribution in [2.75, 3.05) is 4.90 Å². The lowest BCUT2D eigenvalue weighted by atomic mass is 10.1. The second kappa shape index (κ2) is 7.68. The third kappa shape index (κ3) is 3.35. The van der Waals surface area contributed by atoms with Gasteiger partial charge in [-0.2, -0.15) is 0 Å². The van der Waals surface area contributed by atoms with Crippen LogP contribution in [0.15, 0.2) is 119 Å². The van der Waals surface area contributed by atoms with Crippen LogP contribution in [0.1, 0.15) is 0 Å². The maximum Gasteiger partial charge on any atom is 0.193 e. The Morgan fingerprint density at radius 1 is 0.667 bits per heavy atom. The van der Waals surface area contributed by atoms with Crippen LogP contribution in [0, 0.1) is 0 Å². The minimum absolute atomic E-state index is 0.0429. The minimum atomic E-state index is -0.0429. The molecule has 0 N–H and O–H groups in total. The second-order valence-corrected chi connectivity index (χ2v) is 6.89. The van der Waals surface area contributed by atoms with Gasteiger partial charge in [-0.05, 0) is 60.7 Å². The third-order valence-corrected chi connectivity index (χ3v) is 4.98. The standard InChI is InChI=1S/C26H18N2O2/c29-24-18-26(30-25-9-5-4-8-23(24)25)19-10-12-21(13-11-19)28(20-6-2-1-3-7-20)22-14-16-27-17-15-22/h1-18H. The number of aromatic nitrogens is 1. The summed E-state index contributed by atoms with van der Waals surface area (Å²) >= 11 is 0. The highest BCUT2D eigenvalue weighted by atomic mass is 16.3. The highest BCUT2D eigenvalue weighted by Gasteiger charge is 2.13. The van der Waals surface area contributed by atoms with Crippen molar-refractivity contribution < 1.29 is 4.42 Å². The summed E-state index contributed by atoms with van der Waals surface area (Å²) in [5.41, 5.74) is 4.46. The largest absolute Gasteiger partial charge is 0.456 e. The number of rotatable bonds is 4. The van der Waals surface area contributed by atoms with E-state index >= 15 is 0 Å². The van der Waals surface area contributed by atoms with Gasteiger partial charge in [0.15, 0.2) is 5.43 Å². The van der Waals surface area contributed by atoms with Crippen molar-refractivity contribution >= 4 is 28.0 Å². The minimum Gasteiger partial charge on any atom is -0.456 e. The summed E-state index contributed by atoms with van der Waals surface area (Å²) in [7, 11) is 0. The molecular formula is C26H18N2O2. The van der Waals surface area contributed by atoms with Gasteiger partial charge in [-0.15, -0.1) is 0 Å². The molecule has 0 atom stereocenters. The molecule has 3 aromatic carbocycles. The molecular weight excluding hydrogens is 372 g/mol. The van der Waals surface area contributed by atoms with Crippen LogP contribution < -0.4 is 10.3 Å². The Hall–Kier alpha value is -4.18. The molecule has 0 aliphatic rings. The summed E-state index contributed by atoms with van der Waals surface area (Å²) in [5.74, 6) is 0.556. The number of anilines is 3. The van der Waals surface area contributed by atoms with Crippen molar-refractivity contribution in [3.8, 4) is 11.3 Å². The van der Waals surface area contributed by atoms with Gasteiger partial charge in [0.2, 0.25) is 0 Å². The van der Waals surface area contributed by atoms with E-state index in [4.69, 9.17) is 4.42 Å². The van der Waals surface area contributed by atoms with Gasteiger partial charge in [0.1, 0.15) is 11.3 Å². The molecule has 5 rings (SSSR count). The Kier molecular flexibility index (Phi) is 4.58. The maximum absolute atomic E-state index is 12.4. The van der Waals surface area contributed by atoms with Gasteiger partial charge in [0.25, 0.3) is 0 Å². The molecule has 0 saturated carbocycles. The van der Waals surface area contributed by atoms with Crippen molar-refractivity contribution in [3.63, 3.8) is 0 Å².